The highest BCUT2D eigenvalue weighted by Crippen LogP contribution is 2.38. The smallest absolute Gasteiger partial charge is 0.313 e. The molecule has 6 nitrogen and oxygen atoms in total. The Labute approximate surface area is 214 Å². The van der Waals surface area contributed by atoms with Gasteiger partial charge in [0, 0.05) is 45.2 Å². The lowest BCUT2D eigenvalue weighted by atomic mass is 9.81. The van der Waals surface area contributed by atoms with Crippen molar-refractivity contribution >= 4 is 45.1 Å². The molecule has 3 aromatic carbocycles. The summed E-state index contributed by atoms with van der Waals surface area (Å²) in [7, 11) is 0.107. The topological polar surface area (TPSA) is 78.3 Å². The van der Waals surface area contributed by atoms with Crippen LogP contribution in [0.25, 0.3) is 27.8 Å². The van der Waals surface area contributed by atoms with E-state index < -0.39 is 22.2 Å². The summed E-state index contributed by atoms with van der Waals surface area (Å²) in [5.41, 5.74) is 1.88. The van der Waals surface area contributed by atoms with E-state index in [0.29, 0.717) is 39.7 Å². The molecule has 1 aliphatic heterocycles. The molecule has 1 aliphatic rings. The number of rotatable bonds is 6. The van der Waals surface area contributed by atoms with E-state index in [0.717, 1.165) is 10.9 Å². The first kappa shape index (κ1) is 24.3. The van der Waals surface area contributed by atoms with E-state index in [1.165, 1.54) is 19.2 Å². The van der Waals surface area contributed by atoms with E-state index in [1.807, 2.05) is 18.2 Å². The number of fused-ring (bicyclic) bond motifs is 1. The lowest BCUT2D eigenvalue weighted by molar-refractivity contribution is -0.151. The molecule has 1 fully saturated rings. The van der Waals surface area contributed by atoms with E-state index in [9.17, 15) is 18.2 Å². The number of ether oxygens (including phenoxy) is 1. The second-order valence-electron chi connectivity index (χ2n) is 8.86. The number of ketones is 1. The molecule has 36 heavy (non-hydrogen) atoms. The normalized spacial score (nSPS) is 19.5. The standard InChI is InChI=1S/C27H22ClFN2O4S/c1-35-26(33)27(12-13-36(34)16-27)15-24(32)17-6-11-21-23(14-17)31(19-9-7-18(29)8-10-19)30-25(21)20-4-2-3-5-22(20)28/h2-11,14H,12-13,15-16H2,1H3. The molecular weight excluding hydrogens is 503 g/mol. The van der Waals surface area contributed by atoms with E-state index in [4.69, 9.17) is 21.4 Å². The van der Waals surface area contributed by atoms with Crippen molar-refractivity contribution < 1.29 is 22.9 Å². The molecule has 0 spiro atoms. The highest BCUT2D eigenvalue weighted by atomic mass is 35.5. The van der Waals surface area contributed by atoms with Gasteiger partial charge in [-0.05, 0) is 48.9 Å². The minimum atomic E-state index is -1.17. The lowest BCUT2D eigenvalue weighted by Gasteiger charge is -2.23. The third-order valence-corrected chi connectivity index (χ3v) is 8.43. The first-order chi connectivity index (χ1) is 17.3. The molecule has 0 saturated carbocycles. The highest BCUT2D eigenvalue weighted by molar-refractivity contribution is 7.85. The Kier molecular flexibility index (Phi) is 6.49. The summed E-state index contributed by atoms with van der Waals surface area (Å²) in [6.45, 7) is 0. The number of esters is 1. The Morgan fingerprint density at radius 1 is 1.14 bits per heavy atom. The fourth-order valence-corrected chi connectivity index (χ4v) is 6.65. The number of aromatic nitrogens is 2. The average molecular weight is 525 g/mol. The van der Waals surface area contributed by atoms with Crippen LogP contribution in [0.15, 0.2) is 66.7 Å². The largest absolute Gasteiger partial charge is 0.469 e. The second kappa shape index (κ2) is 9.59. The number of nitrogens with zero attached hydrogens (tertiary/aromatic N) is 2. The molecule has 0 aliphatic carbocycles. The number of halogens is 2. The van der Waals surface area contributed by atoms with Crippen LogP contribution in [-0.4, -0.2) is 44.4 Å². The minimum Gasteiger partial charge on any atom is -0.469 e. The van der Waals surface area contributed by atoms with Gasteiger partial charge in [0.15, 0.2) is 5.78 Å². The molecule has 0 N–H and O–H groups in total. The molecule has 1 saturated heterocycles. The second-order valence-corrected chi connectivity index (χ2v) is 10.8. The maximum absolute atomic E-state index is 13.6. The first-order valence-electron chi connectivity index (χ1n) is 11.3. The SMILES string of the molecule is COC(=O)C1(CC(=O)c2ccc3c(-c4ccccc4Cl)nn(-c4ccc(F)cc4)c3c2)CCS(=O)C1. The maximum Gasteiger partial charge on any atom is 0.313 e. The summed E-state index contributed by atoms with van der Waals surface area (Å²) in [6, 6.07) is 18.4. The monoisotopic (exact) mass is 524 g/mol. The fourth-order valence-electron chi connectivity index (χ4n) is 4.68. The van der Waals surface area contributed by atoms with Crippen molar-refractivity contribution in [2.75, 3.05) is 18.6 Å². The van der Waals surface area contributed by atoms with Gasteiger partial charge in [0.25, 0.3) is 0 Å². The van der Waals surface area contributed by atoms with Crippen molar-refractivity contribution in [1.82, 2.24) is 9.78 Å². The van der Waals surface area contributed by atoms with Gasteiger partial charge in [-0.3, -0.25) is 13.8 Å². The van der Waals surface area contributed by atoms with Crippen molar-refractivity contribution in [2.24, 2.45) is 5.41 Å². The molecule has 2 heterocycles. The van der Waals surface area contributed by atoms with Gasteiger partial charge in [-0.2, -0.15) is 5.10 Å². The summed E-state index contributed by atoms with van der Waals surface area (Å²) >= 11 is 6.46. The van der Waals surface area contributed by atoms with Crippen molar-refractivity contribution in [2.45, 2.75) is 12.8 Å². The van der Waals surface area contributed by atoms with Crippen molar-refractivity contribution in [3.8, 4) is 16.9 Å². The number of carbonyl (C=O) groups excluding carboxylic acids is 2. The van der Waals surface area contributed by atoms with Crippen molar-refractivity contribution in [3.63, 3.8) is 0 Å². The molecule has 0 amide bonds. The van der Waals surface area contributed by atoms with Gasteiger partial charge in [0.05, 0.1) is 28.8 Å². The van der Waals surface area contributed by atoms with E-state index in [-0.39, 0.29) is 23.8 Å². The van der Waals surface area contributed by atoms with E-state index in [2.05, 4.69) is 0 Å². The summed E-state index contributed by atoms with van der Waals surface area (Å²) in [5, 5.41) is 6.06. The summed E-state index contributed by atoms with van der Waals surface area (Å²) in [5.74, 6) is -0.676. The molecule has 4 aromatic rings. The number of carbonyl (C=O) groups is 2. The zero-order chi connectivity index (χ0) is 25.4. The Morgan fingerprint density at radius 3 is 2.56 bits per heavy atom. The molecule has 0 radical (unpaired) electrons. The van der Waals surface area contributed by atoms with Crippen molar-refractivity contribution in [1.29, 1.82) is 0 Å². The van der Waals surface area contributed by atoms with Crippen LogP contribution in [0.2, 0.25) is 5.02 Å². The molecule has 0 bridgehead atoms. The zero-order valence-corrected chi connectivity index (χ0v) is 20.9. The Balaban J connectivity index is 1.62. The van der Waals surface area contributed by atoms with Gasteiger partial charge in [-0.1, -0.05) is 35.9 Å². The van der Waals surface area contributed by atoms with Crippen LogP contribution >= 0.6 is 11.6 Å². The molecule has 9 heteroatoms. The van der Waals surface area contributed by atoms with E-state index >= 15 is 0 Å². The number of methoxy groups -OCH3 is 1. The van der Waals surface area contributed by atoms with Gasteiger partial charge in [-0.15, -0.1) is 0 Å². The summed E-state index contributed by atoms with van der Waals surface area (Å²) < 4.78 is 32.3. The Hall–Kier alpha value is -3.36. The lowest BCUT2D eigenvalue weighted by Crippen LogP contribution is -2.35. The van der Waals surface area contributed by atoms with Gasteiger partial charge >= 0.3 is 5.97 Å². The number of benzene rings is 3. The van der Waals surface area contributed by atoms with Crippen LogP contribution < -0.4 is 0 Å². The van der Waals surface area contributed by atoms with Gasteiger partial charge in [0.1, 0.15) is 11.5 Å². The van der Waals surface area contributed by atoms with Crippen molar-refractivity contribution in [3.05, 3.63) is 83.1 Å². The van der Waals surface area contributed by atoms with Gasteiger partial charge in [-0.25, -0.2) is 9.07 Å². The highest BCUT2D eigenvalue weighted by Gasteiger charge is 2.47. The maximum atomic E-state index is 13.6. The van der Waals surface area contributed by atoms with Crippen LogP contribution in [0.1, 0.15) is 23.2 Å². The fraction of sp³-hybridized carbons (Fsp3) is 0.222. The minimum absolute atomic E-state index is 0.0982. The number of Topliss-reactive ketones (excluding diaryl/α,β-unsaturated/α-hetero) is 1. The molecule has 2 unspecified atom stereocenters. The molecule has 2 atom stereocenters. The van der Waals surface area contributed by atoms with Gasteiger partial charge < -0.3 is 4.74 Å². The van der Waals surface area contributed by atoms with E-state index in [1.54, 1.807) is 41.1 Å². The van der Waals surface area contributed by atoms with Crippen LogP contribution in [0.5, 0.6) is 0 Å². The van der Waals surface area contributed by atoms with Crippen LogP contribution in [-0.2, 0) is 20.3 Å². The number of hydrogen-bond donors (Lipinski definition) is 0. The molecule has 1 aromatic heterocycles. The number of hydrogen-bond acceptors (Lipinski definition) is 5. The first-order valence-corrected chi connectivity index (χ1v) is 13.2. The molecule has 5 rings (SSSR count). The molecule has 184 valence electrons. The van der Waals surface area contributed by atoms with Crippen LogP contribution in [0, 0.1) is 11.2 Å². The summed E-state index contributed by atoms with van der Waals surface area (Å²) in [4.78, 5) is 25.9. The average Bonchev–Trinajstić information content (AvgIpc) is 3.45. The zero-order valence-electron chi connectivity index (χ0n) is 19.4. The Bertz CT molecular complexity index is 1520. The third-order valence-electron chi connectivity index (χ3n) is 6.57. The molecular formula is C27H22ClFN2O4S. The van der Waals surface area contributed by atoms with Gasteiger partial charge in [0.2, 0.25) is 0 Å². The Morgan fingerprint density at radius 2 is 1.89 bits per heavy atom. The predicted octanol–water partition coefficient (Wildman–Crippen LogP) is 5.37. The summed E-state index contributed by atoms with van der Waals surface area (Å²) in [6.07, 6.45) is 0.239. The quantitative estimate of drug-likeness (QED) is 0.250. The van der Waals surface area contributed by atoms with Crippen LogP contribution in [0.4, 0.5) is 4.39 Å². The van der Waals surface area contributed by atoms with Crippen LogP contribution in [0.3, 0.4) is 0 Å². The third kappa shape index (κ3) is 4.35. The predicted molar refractivity (Wildman–Crippen MR) is 137 cm³/mol.